The van der Waals surface area contributed by atoms with E-state index in [4.69, 9.17) is 13.9 Å². The van der Waals surface area contributed by atoms with E-state index in [1.165, 1.54) is 36.6 Å². The van der Waals surface area contributed by atoms with Gasteiger partial charge in [-0.1, -0.05) is 17.7 Å². The summed E-state index contributed by atoms with van der Waals surface area (Å²) in [5.41, 5.74) is 1.53. The molecule has 1 aromatic heterocycles. The first-order valence-electron chi connectivity index (χ1n) is 9.46. The van der Waals surface area contributed by atoms with Gasteiger partial charge >= 0.3 is 0 Å². The first-order valence-corrected chi connectivity index (χ1v) is 9.46. The predicted octanol–water partition coefficient (Wildman–Crippen LogP) is 5.05. The van der Waals surface area contributed by atoms with E-state index in [2.05, 4.69) is 5.32 Å². The summed E-state index contributed by atoms with van der Waals surface area (Å²) in [6.07, 6.45) is 1.25. The number of benzene rings is 3. The van der Waals surface area contributed by atoms with Gasteiger partial charge in [0, 0.05) is 11.8 Å². The van der Waals surface area contributed by atoms with E-state index >= 15 is 0 Å². The van der Waals surface area contributed by atoms with E-state index in [1.807, 2.05) is 19.1 Å². The summed E-state index contributed by atoms with van der Waals surface area (Å²) in [7, 11) is 0. The Balaban J connectivity index is 1.44. The molecule has 7 heteroatoms. The number of aryl methyl sites for hydroxylation is 1. The van der Waals surface area contributed by atoms with Gasteiger partial charge in [-0.15, -0.1) is 0 Å². The maximum Gasteiger partial charge on any atom is 0.262 e. The van der Waals surface area contributed by atoms with Crippen LogP contribution in [0.25, 0.3) is 11.0 Å². The van der Waals surface area contributed by atoms with Crippen molar-refractivity contribution in [1.29, 1.82) is 0 Å². The molecule has 0 saturated carbocycles. The fourth-order valence-electron chi connectivity index (χ4n) is 2.86. The zero-order valence-electron chi connectivity index (χ0n) is 16.6. The third kappa shape index (κ3) is 4.90. The fourth-order valence-corrected chi connectivity index (χ4v) is 2.86. The second-order valence-corrected chi connectivity index (χ2v) is 6.85. The number of amides is 1. The van der Waals surface area contributed by atoms with Crippen molar-refractivity contribution in [2.24, 2.45) is 0 Å². The number of rotatable bonds is 6. The lowest BCUT2D eigenvalue weighted by Crippen LogP contribution is -2.20. The van der Waals surface area contributed by atoms with Crippen LogP contribution in [0, 0.1) is 12.7 Å². The van der Waals surface area contributed by atoms with Crippen molar-refractivity contribution >= 4 is 22.6 Å². The lowest BCUT2D eigenvalue weighted by Gasteiger charge is -2.09. The van der Waals surface area contributed by atoms with Crippen LogP contribution in [0.5, 0.6) is 17.2 Å². The molecule has 0 saturated heterocycles. The molecule has 4 aromatic rings. The topological polar surface area (TPSA) is 77.8 Å². The number of carbonyl (C=O) groups excluding carboxylic acids is 1. The van der Waals surface area contributed by atoms with Crippen LogP contribution in [0.4, 0.5) is 10.1 Å². The molecule has 31 heavy (non-hydrogen) atoms. The maximum atomic E-state index is 12.9. The average molecular weight is 419 g/mol. The minimum Gasteiger partial charge on any atom is -0.484 e. The molecule has 1 N–H and O–H groups in total. The number of halogens is 1. The van der Waals surface area contributed by atoms with Gasteiger partial charge in [0.05, 0.1) is 5.39 Å². The molecular weight excluding hydrogens is 401 g/mol. The Hall–Kier alpha value is -4.13. The number of carbonyl (C=O) groups is 1. The van der Waals surface area contributed by atoms with Crippen molar-refractivity contribution in [2.75, 3.05) is 11.9 Å². The lowest BCUT2D eigenvalue weighted by molar-refractivity contribution is -0.118. The third-order valence-electron chi connectivity index (χ3n) is 4.46. The van der Waals surface area contributed by atoms with Crippen LogP contribution in [0.15, 0.2) is 82.2 Å². The Morgan fingerprint density at radius 3 is 2.45 bits per heavy atom. The van der Waals surface area contributed by atoms with Crippen LogP contribution in [0.1, 0.15) is 5.56 Å². The smallest absolute Gasteiger partial charge is 0.262 e. The highest BCUT2D eigenvalue weighted by molar-refractivity contribution is 5.91. The van der Waals surface area contributed by atoms with Gasteiger partial charge in [-0.2, -0.15) is 0 Å². The van der Waals surface area contributed by atoms with Crippen LogP contribution >= 0.6 is 0 Å². The molecule has 0 fully saturated rings. The van der Waals surface area contributed by atoms with E-state index in [0.717, 1.165) is 5.56 Å². The number of fused-ring (bicyclic) bond motifs is 1. The van der Waals surface area contributed by atoms with Gasteiger partial charge in [0.2, 0.25) is 11.2 Å². The van der Waals surface area contributed by atoms with Crippen LogP contribution in [-0.2, 0) is 4.79 Å². The Bertz CT molecular complexity index is 1280. The van der Waals surface area contributed by atoms with E-state index < -0.39 is 5.91 Å². The minimum absolute atomic E-state index is 0.0729. The molecule has 156 valence electrons. The maximum absolute atomic E-state index is 12.9. The van der Waals surface area contributed by atoms with Crippen LogP contribution < -0.4 is 20.2 Å². The van der Waals surface area contributed by atoms with Crippen molar-refractivity contribution in [3.8, 4) is 17.2 Å². The molecular formula is C24H18FNO5. The fraction of sp³-hybridized carbons (Fsp3) is 0.0833. The highest BCUT2D eigenvalue weighted by atomic mass is 19.1. The predicted molar refractivity (Wildman–Crippen MR) is 114 cm³/mol. The van der Waals surface area contributed by atoms with Gasteiger partial charge in [0.1, 0.15) is 29.2 Å². The van der Waals surface area contributed by atoms with E-state index in [0.29, 0.717) is 28.2 Å². The Kier molecular flexibility index (Phi) is 5.66. The summed E-state index contributed by atoms with van der Waals surface area (Å²) in [5.74, 6) is 0.166. The Morgan fingerprint density at radius 2 is 1.71 bits per heavy atom. The molecule has 0 aliphatic carbocycles. The molecule has 1 amide bonds. The number of nitrogens with one attached hydrogen (secondary N) is 1. The summed E-state index contributed by atoms with van der Waals surface area (Å²) < 4.78 is 29.6. The second kappa shape index (κ2) is 8.71. The molecule has 3 aromatic carbocycles. The number of anilines is 1. The minimum atomic E-state index is -0.407. The molecule has 4 rings (SSSR count). The molecule has 6 nitrogen and oxygen atoms in total. The first-order chi connectivity index (χ1) is 15.0. The molecule has 0 unspecified atom stereocenters. The van der Waals surface area contributed by atoms with Gasteiger partial charge in [0.15, 0.2) is 6.61 Å². The van der Waals surface area contributed by atoms with E-state index in [9.17, 15) is 14.0 Å². The number of hydrogen-bond donors (Lipinski definition) is 1. The summed E-state index contributed by atoms with van der Waals surface area (Å²) in [5, 5.41) is 2.93. The molecule has 0 atom stereocenters. The van der Waals surface area contributed by atoms with Crippen molar-refractivity contribution in [1.82, 2.24) is 0 Å². The van der Waals surface area contributed by atoms with Crippen molar-refractivity contribution in [2.45, 2.75) is 6.92 Å². The molecule has 0 radical (unpaired) electrons. The van der Waals surface area contributed by atoms with E-state index in [-0.39, 0.29) is 23.6 Å². The summed E-state index contributed by atoms with van der Waals surface area (Å²) >= 11 is 0. The second-order valence-electron chi connectivity index (χ2n) is 6.85. The zero-order valence-corrected chi connectivity index (χ0v) is 16.6. The molecule has 0 spiro atoms. The normalized spacial score (nSPS) is 10.6. The summed E-state index contributed by atoms with van der Waals surface area (Å²) in [6.45, 7) is 1.70. The summed E-state index contributed by atoms with van der Waals surface area (Å²) in [6, 6.07) is 17.4. The highest BCUT2D eigenvalue weighted by Crippen LogP contribution is 2.24. The monoisotopic (exact) mass is 419 g/mol. The number of ether oxygens (including phenoxy) is 2. The van der Waals surface area contributed by atoms with E-state index in [1.54, 1.807) is 24.3 Å². The van der Waals surface area contributed by atoms with Gasteiger partial charge < -0.3 is 19.2 Å². The SMILES string of the molecule is Cc1ccc(Oc2coc3cc(OCC(=O)Nc4ccc(F)cc4)ccc3c2=O)cc1. The molecule has 0 bridgehead atoms. The highest BCUT2D eigenvalue weighted by Gasteiger charge is 2.11. The quantitative estimate of drug-likeness (QED) is 0.473. The third-order valence-corrected chi connectivity index (χ3v) is 4.46. The van der Waals surface area contributed by atoms with Gasteiger partial charge in [-0.3, -0.25) is 9.59 Å². The average Bonchev–Trinajstić information content (AvgIpc) is 2.77. The van der Waals surface area contributed by atoms with Gasteiger partial charge in [-0.05, 0) is 55.5 Å². The van der Waals surface area contributed by atoms with Crippen LogP contribution in [0.3, 0.4) is 0 Å². The first kappa shape index (κ1) is 20.2. The van der Waals surface area contributed by atoms with Crippen LogP contribution in [0.2, 0.25) is 0 Å². The van der Waals surface area contributed by atoms with Crippen molar-refractivity contribution in [3.63, 3.8) is 0 Å². The largest absolute Gasteiger partial charge is 0.484 e. The Labute approximate surface area is 176 Å². The Morgan fingerprint density at radius 1 is 1.00 bits per heavy atom. The van der Waals surface area contributed by atoms with Crippen molar-refractivity contribution < 1.29 is 23.1 Å². The lowest BCUT2D eigenvalue weighted by atomic mass is 10.2. The standard InChI is InChI=1S/C24H18FNO5/c1-15-2-8-18(9-3-15)31-22-13-30-21-12-19(10-11-20(21)24(22)28)29-14-23(27)26-17-6-4-16(25)5-7-17/h2-13H,14H2,1H3,(H,26,27). The van der Waals surface area contributed by atoms with Gasteiger partial charge in [-0.25, -0.2) is 4.39 Å². The van der Waals surface area contributed by atoms with Crippen molar-refractivity contribution in [3.05, 3.63) is 94.6 Å². The summed E-state index contributed by atoms with van der Waals surface area (Å²) in [4.78, 5) is 24.7. The zero-order chi connectivity index (χ0) is 21.8. The van der Waals surface area contributed by atoms with Gasteiger partial charge in [0.25, 0.3) is 5.91 Å². The number of hydrogen-bond acceptors (Lipinski definition) is 5. The molecule has 0 aliphatic heterocycles. The van der Waals surface area contributed by atoms with Crippen LogP contribution in [-0.4, -0.2) is 12.5 Å². The molecule has 0 aliphatic rings. The molecule has 1 heterocycles.